The Kier molecular flexibility index (Phi) is 6.42. The van der Waals surface area contributed by atoms with Crippen molar-refractivity contribution in [1.29, 1.82) is 0 Å². The summed E-state index contributed by atoms with van der Waals surface area (Å²) >= 11 is 5.86. The zero-order chi connectivity index (χ0) is 18.4. The molecule has 1 aliphatic heterocycles. The number of piperidine rings is 1. The summed E-state index contributed by atoms with van der Waals surface area (Å²) in [6.45, 7) is 6.85. The van der Waals surface area contributed by atoms with E-state index in [0.29, 0.717) is 36.6 Å². The van der Waals surface area contributed by atoms with Crippen molar-refractivity contribution in [3.63, 3.8) is 0 Å². The van der Waals surface area contributed by atoms with E-state index < -0.39 is 0 Å². The van der Waals surface area contributed by atoms with Crippen molar-refractivity contribution in [1.82, 2.24) is 4.90 Å². The first-order valence-corrected chi connectivity index (χ1v) is 8.66. The Labute approximate surface area is 153 Å². The zero-order valence-electron chi connectivity index (χ0n) is 14.8. The molecule has 0 bridgehead atoms. The molecule has 2 amide bonds. The van der Waals surface area contributed by atoms with Gasteiger partial charge in [-0.05, 0) is 18.2 Å². The molecule has 0 aromatic heterocycles. The van der Waals surface area contributed by atoms with Crippen molar-refractivity contribution in [3.05, 3.63) is 29.3 Å². The molecule has 6 nitrogen and oxygen atoms in total. The maximum absolute atomic E-state index is 12.2. The summed E-state index contributed by atoms with van der Waals surface area (Å²) in [6.07, 6.45) is 1.33. The molecule has 1 fully saturated rings. The van der Waals surface area contributed by atoms with Gasteiger partial charge in [-0.15, -0.1) is 0 Å². The Hall–Kier alpha value is -2.08. The number of carbonyl (C=O) groups is 2. The molecule has 136 valence electrons. The van der Waals surface area contributed by atoms with Crippen LogP contribution in [-0.2, 0) is 14.4 Å². The van der Waals surface area contributed by atoms with Crippen molar-refractivity contribution in [2.45, 2.75) is 33.6 Å². The van der Waals surface area contributed by atoms with Crippen LogP contribution in [0.15, 0.2) is 29.4 Å². The van der Waals surface area contributed by atoms with Crippen LogP contribution in [-0.4, -0.2) is 42.1 Å². The summed E-state index contributed by atoms with van der Waals surface area (Å²) in [5, 5.41) is 7.27. The third-order valence-corrected chi connectivity index (χ3v) is 4.00. The minimum absolute atomic E-state index is 0.147. The molecule has 0 aliphatic carbocycles. The first-order chi connectivity index (χ1) is 11.8. The molecule has 0 unspecified atom stereocenters. The number of benzene rings is 1. The van der Waals surface area contributed by atoms with E-state index in [2.05, 4.69) is 10.5 Å². The number of halogens is 1. The third kappa shape index (κ3) is 6.05. The zero-order valence-corrected chi connectivity index (χ0v) is 15.6. The molecule has 1 aliphatic rings. The lowest BCUT2D eigenvalue weighted by Gasteiger charge is -2.32. The first-order valence-electron chi connectivity index (χ1n) is 8.28. The highest BCUT2D eigenvalue weighted by atomic mass is 35.5. The highest BCUT2D eigenvalue weighted by Crippen LogP contribution is 2.20. The molecule has 25 heavy (non-hydrogen) atoms. The highest BCUT2D eigenvalue weighted by molar-refractivity contribution is 6.30. The molecule has 1 saturated heterocycles. The summed E-state index contributed by atoms with van der Waals surface area (Å²) in [7, 11) is 0. The summed E-state index contributed by atoms with van der Waals surface area (Å²) < 4.78 is 0. The van der Waals surface area contributed by atoms with Gasteiger partial charge in [0.1, 0.15) is 0 Å². The third-order valence-electron chi connectivity index (χ3n) is 3.77. The van der Waals surface area contributed by atoms with Crippen LogP contribution in [0.1, 0.15) is 33.6 Å². The van der Waals surface area contributed by atoms with E-state index in [1.807, 2.05) is 25.7 Å². The summed E-state index contributed by atoms with van der Waals surface area (Å²) in [6, 6.07) is 6.90. The molecule has 0 radical (unpaired) electrons. The molecular weight excluding hydrogens is 342 g/mol. The van der Waals surface area contributed by atoms with Crippen LogP contribution in [0.2, 0.25) is 5.02 Å². The van der Waals surface area contributed by atoms with Crippen molar-refractivity contribution in [2.24, 2.45) is 10.6 Å². The maximum atomic E-state index is 12.2. The quantitative estimate of drug-likeness (QED) is 0.832. The SMILES string of the molecule is CC(C)(C)C(=O)N1CCC(=NOCC(=O)Nc2cccc(Cl)c2)CC1. The molecule has 0 atom stereocenters. The number of hydrogen-bond donors (Lipinski definition) is 1. The van der Waals surface area contributed by atoms with E-state index in [9.17, 15) is 9.59 Å². The molecule has 2 rings (SSSR count). The molecule has 7 heteroatoms. The van der Waals surface area contributed by atoms with Gasteiger partial charge in [0.05, 0.1) is 5.71 Å². The fraction of sp³-hybridized carbons (Fsp3) is 0.500. The molecule has 0 spiro atoms. The first kappa shape index (κ1) is 19.2. The minimum Gasteiger partial charge on any atom is -0.386 e. The van der Waals surface area contributed by atoms with Gasteiger partial charge < -0.3 is 15.1 Å². The smallest absolute Gasteiger partial charge is 0.265 e. The van der Waals surface area contributed by atoms with Gasteiger partial charge in [-0.25, -0.2) is 0 Å². The number of amides is 2. The van der Waals surface area contributed by atoms with E-state index in [0.717, 1.165) is 5.71 Å². The number of rotatable bonds is 4. The lowest BCUT2D eigenvalue weighted by atomic mass is 9.93. The van der Waals surface area contributed by atoms with Crippen LogP contribution in [0, 0.1) is 5.41 Å². The van der Waals surface area contributed by atoms with Crippen LogP contribution >= 0.6 is 11.6 Å². The lowest BCUT2D eigenvalue weighted by molar-refractivity contribution is -0.139. The molecular formula is C18H24ClN3O3. The predicted octanol–water partition coefficient (Wildman–Crippen LogP) is 3.32. The standard InChI is InChI=1S/C18H24ClN3O3/c1-18(2,3)17(24)22-9-7-14(8-10-22)21-25-12-16(23)20-15-6-4-5-13(19)11-15/h4-6,11H,7-10,12H2,1-3H3,(H,20,23). The highest BCUT2D eigenvalue weighted by Gasteiger charge is 2.29. The van der Waals surface area contributed by atoms with Gasteiger partial charge in [-0.1, -0.05) is 43.6 Å². The van der Waals surface area contributed by atoms with Gasteiger partial charge in [-0.3, -0.25) is 9.59 Å². The Bertz CT molecular complexity index is 658. The van der Waals surface area contributed by atoms with Crippen LogP contribution in [0.5, 0.6) is 0 Å². The van der Waals surface area contributed by atoms with E-state index in [4.69, 9.17) is 16.4 Å². The number of hydrogen-bond acceptors (Lipinski definition) is 4. The predicted molar refractivity (Wildman–Crippen MR) is 98.7 cm³/mol. The van der Waals surface area contributed by atoms with Crippen molar-refractivity contribution < 1.29 is 14.4 Å². The topological polar surface area (TPSA) is 71.0 Å². The summed E-state index contributed by atoms with van der Waals surface area (Å²) in [5.74, 6) is -0.152. The second-order valence-electron chi connectivity index (χ2n) is 7.03. The number of likely N-dealkylation sites (tertiary alicyclic amines) is 1. The second-order valence-corrected chi connectivity index (χ2v) is 7.47. The Morgan fingerprint density at radius 1 is 1.28 bits per heavy atom. The average Bonchev–Trinajstić information content (AvgIpc) is 2.54. The molecule has 1 aromatic carbocycles. The van der Waals surface area contributed by atoms with E-state index in [1.165, 1.54) is 0 Å². The summed E-state index contributed by atoms with van der Waals surface area (Å²) in [5.41, 5.74) is 1.11. The van der Waals surface area contributed by atoms with E-state index in [-0.39, 0.29) is 23.8 Å². The second kappa shape index (κ2) is 8.34. The molecule has 0 saturated carbocycles. The van der Waals surface area contributed by atoms with Gasteiger partial charge in [0, 0.05) is 42.1 Å². The van der Waals surface area contributed by atoms with Crippen molar-refractivity contribution >= 4 is 34.8 Å². The van der Waals surface area contributed by atoms with Crippen LogP contribution in [0.25, 0.3) is 0 Å². The Morgan fingerprint density at radius 2 is 1.96 bits per heavy atom. The van der Waals surface area contributed by atoms with Crippen LogP contribution in [0.3, 0.4) is 0 Å². The molecule has 1 N–H and O–H groups in total. The average molecular weight is 366 g/mol. The number of anilines is 1. The van der Waals surface area contributed by atoms with Gasteiger partial charge in [0.2, 0.25) is 5.91 Å². The number of oxime groups is 1. The Balaban J connectivity index is 1.74. The van der Waals surface area contributed by atoms with Crippen LogP contribution in [0.4, 0.5) is 5.69 Å². The fourth-order valence-electron chi connectivity index (χ4n) is 2.48. The van der Waals surface area contributed by atoms with Gasteiger partial charge in [0.25, 0.3) is 5.91 Å². The molecule has 1 aromatic rings. The lowest BCUT2D eigenvalue weighted by Crippen LogP contribution is -2.44. The van der Waals surface area contributed by atoms with Crippen molar-refractivity contribution in [3.8, 4) is 0 Å². The number of carbonyl (C=O) groups excluding carboxylic acids is 2. The largest absolute Gasteiger partial charge is 0.386 e. The molecule has 1 heterocycles. The van der Waals surface area contributed by atoms with Gasteiger partial charge >= 0.3 is 0 Å². The number of nitrogens with zero attached hydrogens (tertiary/aromatic N) is 2. The monoisotopic (exact) mass is 365 g/mol. The van der Waals surface area contributed by atoms with Gasteiger partial charge in [0.15, 0.2) is 6.61 Å². The van der Waals surface area contributed by atoms with Gasteiger partial charge in [-0.2, -0.15) is 0 Å². The number of nitrogens with one attached hydrogen (secondary N) is 1. The van der Waals surface area contributed by atoms with Crippen molar-refractivity contribution in [2.75, 3.05) is 25.0 Å². The van der Waals surface area contributed by atoms with Crippen LogP contribution < -0.4 is 5.32 Å². The Morgan fingerprint density at radius 3 is 2.56 bits per heavy atom. The van der Waals surface area contributed by atoms with E-state index in [1.54, 1.807) is 24.3 Å². The maximum Gasteiger partial charge on any atom is 0.265 e. The normalized spacial score (nSPS) is 14.9. The van der Waals surface area contributed by atoms with E-state index >= 15 is 0 Å². The summed E-state index contributed by atoms with van der Waals surface area (Å²) in [4.78, 5) is 31.0. The fourth-order valence-corrected chi connectivity index (χ4v) is 2.67. The minimum atomic E-state index is -0.371.